The molecule has 1 heterocycles. The molecule has 0 radical (unpaired) electrons. The Balaban J connectivity index is 1.93. The van der Waals surface area contributed by atoms with Gasteiger partial charge in [0.25, 0.3) is 0 Å². The average Bonchev–Trinajstić information content (AvgIpc) is 2.85. The molecule has 0 spiro atoms. The summed E-state index contributed by atoms with van der Waals surface area (Å²) in [6.07, 6.45) is 5.88. The summed E-state index contributed by atoms with van der Waals surface area (Å²) in [5, 5.41) is 3.59. The van der Waals surface area contributed by atoms with Gasteiger partial charge < -0.3 is 10.2 Å². The van der Waals surface area contributed by atoms with Crippen LogP contribution < -0.4 is 5.32 Å². The van der Waals surface area contributed by atoms with E-state index in [-0.39, 0.29) is 0 Å². The van der Waals surface area contributed by atoms with Gasteiger partial charge in [0.05, 0.1) is 0 Å². The Morgan fingerprint density at radius 1 is 1.26 bits per heavy atom. The topological polar surface area (TPSA) is 32.3 Å². The van der Waals surface area contributed by atoms with Gasteiger partial charge in [0, 0.05) is 25.0 Å². The molecule has 2 rings (SSSR count). The summed E-state index contributed by atoms with van der Waals surface area (Å²) in [5.74, 6) is 1.99. The number of amides is 1. The number of likely N-dealkylation sites (tertiary alicyclic amines) is 1. The Bertz CT molecular complexity index is 305. The Morgan fingerprint density at radius 2 is 2.05 bits per heavy atom. The van der Waals surface area contributed by atoms with Crippen LogP contribution in [0.2, 0.25) is 0 Å². The average molecular weight is 266 g/mol. The first kappa shape index (κ1) is 14.8. The zero-order chi connectivity index (χ0) is 13.8. The Morgan fingerprint density at radius 3 is 2.63 bits per heavy atom. The molecule has 1 aliphatic carbocycles. The minimum absolute atomic E-state index is 0.313. The van der Waals surface area contributed by atoms with Gasteiger partial charge >= 0.3 is 0 Å². The standard InChI is InChI=1S/C16H30N2O/c1-4-13-11-18(10-9-15(13)17-5-2)16(19)14-8-6-7-12(14)3/h12-15,17H,4-11H2,1-3H3. The SMILES string of the molecule is CCNC1CCN(C(=O)C2CCCC2C)CC1CC. The minimum atomic E-state index is 0.313. The first-order valence-corrected chi connectivity index (χ1v) is 8.19. The highest BCUT2D eigenvalue weighted by Gasteiger charge is 2.36. The third kappa shape index (κ3) is 3.31. The number of nitrogens with zero attached hydrogens (tertiary/aromatic N) is 1. The van der Waals surface area contributed by atoms with Crippen molar-refractivity contribution in [1.29, 1.82) is 0 Å². The smallest absolute Gasteiger partial charge is 0.225 e. The molecule has 4 atom stereocenters. The Labute approximate surface area is 118 Å². The molecule has 19 heavy (non-hydrogen) atoms. The van der Waals surface area contributed by atoms with Crippen LogP contribution in [-0.2, 0) is 4.79 Å². The third-order valence-electron chi connectivity index (χ3n) is 5.21. The molecule has 110 valence electrons. The van der Waals surface area contributed by atoms with E-state index >= 15 is 0 Å². The molecule has 1 N–H and O–H groups in total. The fraction of sp³-hybridized carbons (Fsp3) is 0.938. The van der Waals surface area contributed by atoms with E-state index in [0.29, 0.717) is 29.7 Å². The van der Waals surface area contributed by atoms with Gasteiger partial charge in [-0.2, -0.15) is 0 Å². The lowest BCUT2D eigenvalue weighted by molar-refractivity contribution is -0.138. The van der Waals surface area contributed by atoms with Crippen LogP contribution in [0, 0.1) is 17.8 Å². The van der Waals surface area contributed by atoms with Gasteiger partial charge in [0.2, 0.25) is 5.91 Å². The van der Waals surface area contributed by atoms with E-state index in [1.165, 1.54) is 19.3 Å². The van der Waals surface area contributed by atoms with Crippen LogP contribution in [-0.4, -0.2) is 36.5 Å². The number of hydrogen-bond acceptors (Lipinski definition) is 2. The second-order valence-corrected chi connectivity index (χ2v) is 6.42. The Kier molecular flexibility index (Phi) is 5.26. The molecule has 0 aromatic rings. The van der Waals surface area contributed by atoms with Crippen molar-refractivity contribution in [3.8, 4) is 0 Å². The van der Waals surface area contributed by atoms with Crippen molar-refractivity contribution in [2.45, 2.75) is 58.9 Å². The van der Waals surface area contributed by atoms with Crippen LogP contribution in [0.15, 0.2) is 0 Å². The van der Waals surface area contributed by atoms with Gasteiger partial charge in [-0.1, -0.05) is 33.6 Å². The van der Waals surface area contributed by atoms with Crippen molar-refractivity contribution in [3.63, 3.8) is 0 Å². The van der Waals surface area contributed by atoms with Gasteiger partial charge in [-0.3, -0.25) is 4.79 Å². The summed E-state index contributed by atoms with van der Waals surface area (Å²) < 4.78 is 0. The molecule has 0 aromatic carbocycles. The van der Waals surface area contributed by atoms with E-state index in [0.717, 1.165) is 32.5 Å². The highest BCUT2D eigenvalue weighted by Crippen LogP contribution is 2.33. The maximum atomic E-state index is 12.6. The van der Waals surface area contributed by atoms with Crippen molar-refractivity contribution in [3.05, 3.63) is 0 Å². The lowest BCUT2D eigenvalue weighted by Gasteiger charge is -2.40. The molecule has 2 aliphatic rings. The van der Waals surface area contributed by atoms with E-state index in [4.69, 9.17) is 0 Å². The zero-order valence-corrected chi connectivity index (χ0v) is 12.8. The summed E-state index contributed by atoms with van der Waals surface area (Å²) in [6, 6.07) is 0.611. The molecule has 0 aromatic heterocycles. The number of hydrogen-bond donors (Lipinski definition) is 1. The van der Waals surface area contributed by atoms with Gasteiger partial charge in [-0.05, 0) is 37.6 Å². The van der Waals surface area contributed by atoms with Crippen LogP contribution in [0.4, 0.5) is 0 Å². The van der Waals surface area contributed by atoms with Crippen LogP contribution in [0.1, 0.15) is 52.9 Å². The fourth-order valence-corrected chi connectivity index (χ4v) is 3.92. The van der Waals surface area contributed by atoms with Crippen LogP contribution >= 0.6 is 0 Å². The van der Waals surface area contributed by atoms with E-state index in [1.807, 2.05) is 0 Å². The molecule has 3 nitrogen and oxygen atoms in total. The predicted octanol–water partition coefficient (Wildman–Crippen LogP) is 2.66. The van der Waals surface area contributed by atoms with E-state index in [9.17, 15) is 4.79 Å². The molecule has 1 aliphatic heterocycles. The summed E-state index contributed by atoms with van der Waals surface area (Å²) in [6.45, 7) is 9.63. The summed E-state index contributed by atoms with van der Waals surface area (Å²) >= 11 is 0. The first-order chi connectivity index (χ1) is 9.17. The quantitative estimate of drug-likeness (QED) is 0.848. The molecule has 1 saturated carbocycles. The van der Waals surface area contributed by atoms with Crippen molar-refractivity contribution in [1.82, 2.24) is 10.2 Å². The molecule has 0 bridgehead atoms. The predicted molar refractivity (Wildman–Crippen MR) is 78.9 cm³/mol. The number of carbonyl (C=O) groups excluding carboxylic acids is 1. The molecule has 1 saturated heterocycles. The first-order valence-electron chi connectivity index (χ1n) is 8.19. The van der Waals surface area contributed by atoms with Crippen molar-refractivity contribution < 1.29 is 4.79 Å². The van der Waals surface area contributed by atoms with E-state index < -0.39 is 0 Å². The number of piperidine rings is 1. The molecular weight excluding hydrogens is 236 g/mol. The van der Waals surface area contributed by atoms with Crippen LogP contribution in [0.25, 0.3) is 0 Å². The summed E-state index contributed by atoms with van der Waals surface area (Å²) in [4.78, 5) is 14.8. The van der Waals surface area contributed by atoms with Gasteiger partial charge in [-0.25, -0.2) is 0 Å². The number of rotatable bonds is 4. The summed E-state index contributed by atoms with van der Waals surface area (Å²) in [5.41, 5.74) is 0. The third-order valence-corrected chi connectivity index (χ3v) is 5.21. The van der Waals surface area contributed by atoms with E-state index in [2.05, 4.69) is 31.0 Å². The van der Waals surface area contributed by atoms with Crippen LogP contribution in [0.3, 0.4) is 0 Å². The maximum Gasteiger partial charge on any atom is 0.225 e. The molecule has 2 fully saturated rings. The maximum absolute atomic E-state index is 12.6. The highest BCUT2D eigenvalue weighted by atomic mass is 16.2. The largest absolute Gasteiger partial charge is 0.342 e. The zero-order valence-electron chi connectivity index (χ0n) is 12.8. The highest BCUT2D eigenvalue weighted by molar-refractivity contribution is 5.79. The summed E-state index contributed by atoms with van der Waals surface area (Å²) in [7, 11) is 0. The molecule has 1 amide bonds. The Hall–Kier alpha value is -0.570. The van der Waals surface area contributed by atoms with Crippen molar-refractivity contribution in [2.75, 3.05) is 19.6 Å². The molecular formula is C16H30N2O. The lowest BCUT2D eigenvalue weighted by Crippen LogP contribution is -2.52. The van der Waals surface area contributed by atoms with Crippen LogP contribution in [0.5, 0.6) is 0 Å². The number of nitrogens with one attached hydrogen (secondary N) is 1. The van der Waals surface area contributed by atoms with Gasteiger partial charge in [-0.15, -0.1) is 0 Å². The fourth-order valence-electron chi connectivity index (χ4n) is 3.92. The normalized spacial score (nSPS) is 35.6. The molecule has 3 heteroatoms. The van der Waals surface area contributed by atoms with Crippen molar-refractivity contribution >= 4 is 5.91 Å². The monoisotopic (exact) mass is 266 g/mol. The number of carbonyl (C=O) groups is 1. The second-order valence-electron chi connectivity index (χ2n) is 6.42. The van der Waals surface area contributed by atoms with Gasteiger partial charge in [0.15, 0.2) is 0 Å². The van der Waals surface area contributed by atoms with Gasteiger partial charge in [0.1, 0.15) is 0 Å². The second kappa shape index (κ2) is 6.74. The minimum Gasteiger partial charge on any atom is -0.342 e. The van der Waals surface area contributed by atoms with Crippen molar-refractivity contribution in [2.24, 2.45) is 17.8 Å². The van der Waals surface area contributed by atoms with E-state index in [1.54, 1.807) is 0 Å². The molecule has 4 unspecified atom stereocenters. The lowest BCUT2D eigenvalue weighted by atomic mass is 9.88.